The van der Waals surface area contributed by atoms with Gasteiger partial charge in [0.1, 0.15) is 11.4 Å². The Morgan fingerprint density at radius 3 is 3.00 bits per heavy atom. The van der Waals surface area contributed by atoms with Crippen molar-refractivity contribution in [2.45, 2.75) is 45.3 Å². The Labute approximate surface area is 131 Å². The largest absolute Gasteiger partial charge is 0.444 e. The Morgan fingerprint density at radius 1 is 1.55 bits per heavy atom. The van der Waals surface area contributed by atoms with Crippen LogP contribution in [0.4, 0.5) is 10.6 Å². The van der Waals surface area contributed by atoms with Crippen LogP contribution in [0.3, 0.4) is 0 Å². The number of carbonyl (C=O) groups is 1. The number of nitriles is 1. The fourth-order valence-corrected chi connectivity index (χ4v) is 2.38. The summed E-state index contributed by atoms with van der Waals surface area (Å²) in [5.41, 5.74) is 0.0810. The summed E-state index contributed by atoms with van der Waals surface area (Å²) in [6.07, 6.45) is 3.19. The number of likely N-dealkylation sites (tertiary alicyclic amines) is 1. The first-order valence-corrected chi connectivity index (χ1v) is 7.48. The molecule has 1 aliphatic heterocycles. The maximum atomic E-state index is 12.1. The number of aromatic nitrogens is 1. The summed E-state index contributed by atoms with van der Waals surface area (Å²) in [4.78, 5) is 18.1. The topological polar surface area (TPSA) is 78.2 Å². The van der Waals surface area contributed by atoms with Crippen LogP contribution in [-0.2, 0) is 4.74 Å². The molecule has 0 aliphatic carbocycles. The van der Waals surface area contributed by atoms with Crippen molar-refractivity contribution in [3.05, 3.63) is 23.9 Å². The number of carbonyl (C=O) groups excluding carboxylic acids is 1. The Morgan fingerprint density at radius 2 is 2.32 bits per heavy atom. The highest BCUT2D eigenvalue weighted by molar-refractivity contribution is 5.68. The van der Waals surface area contributed by atoms with Gasteiger partial charge in [0.15, 0.2) is 0 Å². The van der Waals surface area contributed by atoms with E-state index in [0.29, 0.717) is 24.5 Å². The monoisotopic (exact) mass is 302 g/mol. The number of nitrogens with one attached hydrogen (secondary N) is 1. The van der Waals surface area contributed by atoms with E-state index in [1.54, 1.807) is 23.2 Å². The average Bonchev–Trinajstić information content (AvgIpc) is 2.46. The standard InChI is InChI=1S/C16H22N4O2/c1-16(2,3)22-15(21)20-8-4-5-13(11-20)19-14-9-12(10-17)6-7-18-14/h6-7,9,13H,4-5,8,11H2,1-3H3,(H,18,19)/t13-/m0/s1. The maximum Gasteiger partial charge on any atom is 0.410 e. The van der Waals surface area contributed by atoms with Gasteiger partial charge in [0, 0.05) is 25.3 Å². The van der Waals surface area contributed by atoms with Crippen molar-refractivity contribution in [1.82, 2.24) is 9.88 Å². The zero-order chi connectivity index (χ0) is 16.2. The van der Waals surface area contributed by atoms with E-state index in [-0.39, 0.29) is 12.1 Å². The fraction of sp³-hybridized carbons (Fsp3) is 0.562. The number of piperidine rings is 1. The van der Waals surface area contributed by atoms with Gasteiger partial charge in [0.2, 0.25) is 0 Å². The molecular weight excluding hydrogens is 280 g/mol. The Hall–Kier alpha value is -2.29. The number of anilines is 1. The van der Waals surface area contributed by atoms with Crippen molar-refractivity contribution in [1.29, 1.82) is 5.26 Å². The number of pyridine rings is 1. The first-order chi connectivity index (χ1) is 10.4. The van der Waals surface area contributed by atoms with Gasteiger partial charge in [-0.1, -0.05) is 0 Å². The van der Waals surface area contributed by atoms with E-state index in [0.717, 1.165) is 12.8 Å². The number of hydrogen-bond donors (Lipinski definition) is 1. The molecule has 6 nitrogen and oxygen atoms in total. The van der Waals surface area contributed by atoms with Crippen LogP contribution in [0.1, 0.15) is 39.2 Å². The van der Waals surface area contributed by atoms with Crippen LogP contribution >= 0.6 is 0 Å². The second kappa shape index (κ2) is 6.65. The van der Waals surface area contributed by atoms with Gasteiger partial charge in [-0.25, -0.2) is 9.78 Å². The lowest BCUT2D eigenvalue weighted by atomic mass is 10.1. The van der Waals surface area contributed by atoms with Crippen molar-refractivity contribution >= 4 is 11.9 Å². The molecule has 22 heavy (non-hydrogen) atoms. The van der Waals surface area contributed by atoms with Crippen molar-refractivity contribution in [2.75, 3.05) is 18.4 Å². The molecule has 0 saturated carbocycles. The molecule has 1 atom stereocenters. The SMILES string of the molecule is CC(C)(C)OC(=O)N1CCC[C@H](Nc2cc(C#N)ccn2)C1. The van der Waals surface area contributed by atoms with Crippen molar-refractivity contribution in [3.63, 3.8) is 0 Å². The van der Waals surface area contributed by atoms with E-state index in [9.17, 15) is 4.79 Å². The third kappa shape index (κ3) is 4.62. The molecule has 1 aliphatic rings. The number of hydrogen-bond acceptors (Lipinski definition) is 5. The predicted molar refractivity (Wildman–Crippen MR) is 83.4 cm³/mol. The zero-order valence-corrected chi connectivity index (χ0v) is 13.3. The molecule has 1 saturated heterocycles. The van der Waals surface area contributed by atoms with Crippen LogP contribution in [0.2, 0.25) is 0 Å². The Bertz CT molecular complexity index is 574. The minimum absolute atomic E-state index is 0.114. The first kappa shape index (κ1) is 16.1. The van der Waals surface area contributed by atoms with Gasteiger partial charge in [-0.15, -0.1) is 0 Å². The van der Waals surface area contributed by atoms with Crippen LogP contribution in [0, 0.1) is 11.3 Å². The Kier molecular flexibility index (Phi) is 4.86. The molecule has 0 spiro atoms. The quantitative estimate of drug-likeness (QED) is 0.908. The van der Waals surface area contributed by atoms with E-state index in [4.69, 9.17) is 10.00 Å². The summed E-state index contributed by atoms with van der Waals surface area (Å²) in [6.45, 7) is 6.87. The number of ether oxygens (including phenoxy) is 1. The van der Waals surface area contributed by atoms with Crippen LogP contribution in [-0.4, -0.2) is 40.7 Å². The molecule has 0 aromatic carbocycles. The molecule has 2 rings (SSSR count). The van der Waals surface area contributed by atoms with Gasteiger partial charge in [0.05, 0.1) is 11.6 Å². The fourth-order valence-electron chi connectivity index (χ4n) is 2.38. The second-order valence-corrected chi connectivity index (χ2v) is 6.45. The van der Waals surface area contributed by atoms with Gasteiger partial charge < -0.3 is 15.0 Å². The third-order valence-electron chi connectivity index (χ3n) is 3.31. The average molecular weight is 302 g/mol. The number of rotatable bonds is 2. The molecule has 0 unspecified atom stereocenters. The van der Waals surface area contributed by atoms with Gasteiger partial charge >= 0.3 is 6.09 Å². The maximum absolute atomic E-state index is 12.1. The molecule has 1 amide bonds. The summed E-state index contributed by atoms with van der Waals surface area (Å²) in [5.74, 6) is 0.662. The van der Waals surface area contributed by atoms with Crippen molar-refractivity contribution in [2.24, 2.45) is 0 Å². The van der Waals surface area contributed by atoms with Crippen LogP contribution < -0.4 is 5.32 Å². The summed E-state index contributed by atoms with van der Waals surface area (Å²) in [6, 6.07) is 5.59. The Balaban J connectivity index is 1.96. The predicted octanol–water partition coefficient (Wildman–Crippen LogP) is 2.76. The highest BCUT2D eigenvalue weighted by Gasteiger charge is 2.27. The van der Waals surface area contributed by atoms with Gasteiger partial charge in [-0.05, 0) is 45.7 Å². The van der Waals surface area contributed by atoms with Crippen LogP contribution in [0.5, 0.6) is 0 Å². The molecule has 1 fully saturated rings. The minimum atomic E-state index is -0.486. The lowest BCUT2D eigenvalue weighted by Crippen LogP contribution is -2.47. The number of amides is 1. The first-order valence-electron chi connectivity index (χ1n) is 7.48. The van der Waals surface area contributed by atoms with E-state index in [1.807, 2.05) is 20.8 Å². The van der Waals surface area contributed by atoms with Gasteiger partial charge in [0.25, 0.3) is 0 Å². The normalized spacial score (nSPS) is 18.5. The number of nitrogens with zero attached hydrogens (tertiary/aromatic N) is 3. The van der Waals surface area contributed by atoms with E-state index >= 15 is 0 Å². The molecule has 2 heterocycles. The second-order valence-electron chi connectivity index (χ2n) is 6.45. The summed E-state index contributed by atoms with van der Waals surface area (Å²) < 4.78 is 5.41. The van der Waals surface area contributed by atoms with Gasteiger partial charge in [-0.3, -0.25) is 0 Å². The molecule has 0 radical (unpaired) electrons. The minimum Gasteiger partial charge on any atom is -0.444 e. The molecule has 1 N–H and O–H groups in total. The molecule has 0 bridgehead atoms. The molecule has 118 valence electrons. The van der Waals surface area contributed by atoms with Crippen LogP contribution in [0.15, 0.2) is 18.3 Å². The summed E-state index contributed by atoms with van der Waals surface area (Å²) in [7, 11) is 0. The van der Waals surface area contributed by atoms with Crippen LogP contribution in [0.25, 0.3) is 0 Å². The highest BCUT2D eigenvalue weighted by Crippen LogP contribution is 2.18. The molecule has 6 heteroatoms. The lowest BCUT2D eigenvalue weighted by Gasteiger charge is -2.34. The smallest absolute Gasteiger partial charge is 0.410 e. The van der Waals surface area contributed by atoms with Crippen molar-refractivity contribution < 1.29 is 9.53 Å². The third-order valence-corrected chi connectivity index (χ3v) is 3.31. The highest BCUT2D eigenvalue weighted by atomic mass is 16.6. The van der Waals surface area contributed by atoms with Gasteiger partial charge in [-0.2, -0.15) is 5.26 Å². The molecular formula is C16H22N4O2. The van der Waals surface area contributed by atoms with E-state index < -0.39 is 5.60 Å². The molecule has 1 aromatic rings. The lowest BCUT2D eigenvalue weighted by molar-refractivity contribution is 0.0206. The summed E-state index contributed by atoms with van der Waals surface area (Å²) in [5, 5.41) is 12.2. The summed E-state index contributed by atoms with van der Waals surface area (Å²) >= 11 is 0. The zero-order valence-electron chi connectivity index (χ0n) is 13.3. The van der Waals surface area contributed by atoms with Crippen molar-refractivity contribution in [3.8, 4) is 6.07 Å². The van der Waals surface area contributed by atoms with E-state index in [1.165, 1.54) is 0 Å². The van der Waals surface area contributed by atoms with E-state index in [2.05, 4.69) is 16.4 Å². The molecule has 1 aromatic heterocycles.